The molecule has 0 saturated carbocycles. The van der Waals surface area contributed by atoms with Gasteiger partial charge in [-0.15, -0.1) is 10.2 Å². The van der Waals surface area contributed by atoms with Gasteiger partial charge in [-0.1, -0.05) is 25.6 Å². The summed E-state index contributed by atoms with van der Waals surface area (Å²) in [6, 6.07) is 0.242. The average molecular weight is 297 g/mol. The van der Waals surface area contributed by atoms with Gasteiger partial charge >= 0.3 is 0 Å². The Morgan fingerprint density at radius 1 is 1.35 bits per heavy atom. The standard InChI is InChI=1S/C12H23N7S/c1-3-4-10(12(13)20)19-7-5-18(6-8-19)9-11-14-16-17(2)15-11/h10H,3-9H2,1-2H3,(H2,13,20). The lowest BCUT2D eigenvalue weighted by Gasteiger charge is -2.38. The van der Waals surface area contributed by atoms with Crippen molar-refractivity contribution < 1.29 is 0 Å². The summed E-state index contributed by atoms with van der Waals surface area (Å²) in [5.41, 5.74) is 5.86. The Morgan fingerprint density at radius 3 is 2.55 bits per heavy atom. The molecule has 0 radical (unpaired) electrons. The number of tetrazole rings is 1. The summed E-state index contributed by atoms with van der Waals surface area (Å²) in [5, 5.41) is 12.1. The third-order valence-electron chi connectivity index (χ3n) is 3.65. The maximum absolute atomic E-state index is 5.86. The third-order valence-corrected chi connectivity index (χ3v) is 3.93. The van der Waals surface area contributed by atoms with Crippen LogP contribution in [0.4, 0.5) is 0 Å². The van der Waals surface area contributed by atoms with Gasteiger partial charge in [0.15, 0.2) is 5.82 Å². The summed E-state index contributed by atoms with van der Waals surface area (Å²) in [4.78, 5) is 6.86. The zero-order valence-corrected chi connectivity index (χ0v) is 13.0. The molecule has 1 aromatic heterocycles. The van der Waals surface area contributed by atoms with Crippen LogP contribution in [0.5, 0.6) is 0 Å². The Labute approximate surface area is 125 Å². The minimum Gasteiger partial charge on any atom is -0.392 e. The molecule has 1 unspecified atom stereocenters. The quantitative estimate of drug-likeness (QED) is 0.728. The number of aromatic nitrogens is 4. The molecule has 0 spiro atoms. The molecule has 2 N–H and O–H groups in total. The number of thiocarbonyl (C=S) groups is 1. The summed E-state index contributed by atoms with van der Waals surface area (Å²) < 4.78 is 0. The van der Waals surface area contributed by atoms with Gasteiger partial charge in [-0.2, -0.15) is 4.80 Å². The van der Waals surface area contributed by atoms with E-state index in [9.17, 15) is 0 Å². The maximum atomic E-state index is 5.86. The second-order valence-electron chi connectivity index (χ2n) is 5.21. The highest BCUT2D eigenvalue weighted by Gasteiger charge is 2.25. The van der Waals surface area contributed by atoms with Crippen molar-refractivity contribution in [3.8, 4) is 0 Å². The van der Waals surface area contributed by atoms with Crippen LogP contribution in [0.1, 0.15) is 25.6 Å². The first-order chi connectivity index (χ1) is 9.60. The number of rotatable bonds is 6. The molecule has 7 nitrogen and oxygen atoms in total. The molecule has 1 aliphatic rings. The zero-order valence-electron chi connectivity index (χ0n) is 12.2. The molecular weight excluding hydrogens is 274 g/mol. The molecule has 0 aromatic carbocycles. The van der Waals surface area contributed by atoms with Gasteiger partial charge in [0.2, 0.25) is 0 Å². The van der Waals surface area contributed by atoms with Crippen LogP contribution in [0.25, 0.3) is 0 Å². The third kappa shape index (κ3) is 3.94. The summed E-state index contributed by atoms with van der Waals surface area (Å²) in [6.45, 7) is 6.88. The van der Waals surface area contributed by atoms with E-state index in [0.717, 1.165) is 51.4 Å². The lowest BCUT2D eigenvalue weighted by molar-refractivity contribution is 0.108. The SMILES string of the molecule is CCCC(C(N)=S)N1CCN(Cc2nnn(C)n2)CC1. The predicted octanol–water partition coefficient (Wildman–Crippen LogP) is -0.217. The van der Waals surface area contributed by atoms with Crippen molar-refractivity contribution in [1.82, 2.24) is 30.0 Å². The normalized spacial score (nSPS) is 19.1. The van der Waals surface area contributed by atoms with Gasteiger partial charge in [-0.05, 0) is 11.6 Å². The number of hydrogen-bond donors (Lipinski definition) is 1. The van der Waals surface area contributed by atoms with Crippen LogP contribution in [-0.4, -0.2) is 67.2 Å². The molecule has 2 rings (SSSR count). The van der Waals surface area contributed by atoms with Crippen molar-refractivity contribution in [2.75, 3.05) is 26.2 Å². The van der Waals surface area contributed by atoms with Crippen LogP contribution in [0.3, 0.4) is 0 Å². The molecule has 0 amide bonds. The van der Waals surface area contributed by atoms with E-state index in [-0.39, 0.29) is 6.04 Å². The molecule has 20 heavy (non-hydrogen) atoms. The first-order valence-corrected chi connectivity index (χ1v) is 7.49. The fourth-order valence-corrected chi connectivity index (χ4v) is 2.86. The van der Waals surface area contributed by atoms with Crippen LogP contribution in [-0.2, 0) is 13.6 Å². The number of hydrogen-bond acceptors (Lipinski definition) is 6. The van der Waals surface area contributed by atoms with Crippen LogP contribution in [0.2, 0.25) is 0 Å². The van der Waals surface area contributed by atoms with Gasteiger partial charge in [0.1, 0.15) is 0 Å². The summed E-state index contributed by atoms with van der Waals surface area (Å²) in [7, 11) is 1.78. The highest BCUT2D eigenvalue weighted by atomic mass is 32.1. The van der Waals surface area contributed by atoms with E-state index < -0.39 is 0 Å². The van der Waals surface area contributed by atoms with Gasteiger partial charge in [-0.25, -0.2) is 0 Å². The summed E-state index contributed by atoms with van der Waals surface area (Å²) in [6.07, 6.45) is 2.15. The predicted molar refractivity (Wildman–Crippen MR) is 81.1 cm³/mol. The fraction of sp³-hybridized carbons (Fsp3) is 0.833. The monoisotopic (exact) mass is 297 g/mol. The van der Waals surface area contributed by atoms with E-state index in [1.807, 2.05) is 0 Å². The van der Waals surface area contributed by atoms with Gasteiger partial charge in [0, 0.05) is 26.2 Å². The van der Waals surface area contributed by atoms with Crippen molar-refractivity contribution >= 4 is 17.2 Å². The Bertz CT molecular complexity index is 439. The molecule has 1 fully saturated rings. The molecule has 0 aliphatic carbocycles. The van der Waals surface area contributed by atoms with E-state index >= 15 is 0 Å². The number of piperazine rings is 1. The zero-order chi connectivity index (χ0) is 14.5. The Morgan fingerprint density at radius 2 is 2.05 bits per heavy atom. The molecule has 2 heterocycles. The van der Waals surface area contributed by atoms with Crippen LogP contribution in [0, 0.1) is 0 Å². The second-order valence-corrected chi connectivity index (χ2v) is 5.69. The van der Waals surface area contributed by atoms with Gasteiger partial charge in [0.05, 0.1) is 24.6 Å². The molecular formula is C12H23N7S. The molecule has 0 bridgehead atoms. The van der Waals surface area contributed by atoms with E-state index in [0.29, 0.717) is 4.99 Å². The average Bonchev–Trinajstić information content (AvgIpc) is 2.82. The van der Waals surface area contributed by atoms with Crippen molar-refractivity contribution in [2.45, 2.75) is 32.4 Å². The summed E-state index contributed by atoms with van der Waals surface area (Å²) in [5.74, 6) is 0.778. The number of nitrogens with two attached hydrogens (primary N) is 1. The van der Waals surface area contributed by atoms with Crippen LogP contribution in [0.15, 0.2) is 0 Å². The van der Waals surface area contributed by atoms with Crippen LogP contribution >= 0.6 is 12.2 Å². The Hall–Kier alpha value is -1.12. The Balaban J connectivity index is 1.83. The van der Waals surface area contributed by atoms with Crippen molar-refractivity contribution in [2.24, 2.45) is 12.8 Å². The smallest absolute Gasteiger partial charge is 0.188 e. The first-order valence-electron chi connectivity index (χ1n) is 7.08. The van der Waals surface area contributed by atoms with E-state index in [2.05, 4.69) is 32.1 Å². The summed E-state index contributed by atoms with van der Waals surface area (Å²) >= 11 is 5.19. The number of aryl methyl sites for hydroxylation is 1. The van der Waals surface area contributed by atoms with Gasteiger partial charge in [0.25, 0.3) is 0 Å². The minimum absolute atomic E-state index is 0.242. The van der Waals surface area contributed by atoms with Crippen molar-refractivity contribution in [1.29, 1.82) is 0 Å². The minimum atomic E-state index is 0.242. The molecule has 1 atom stereocenters. The molecule has 1 saturated heterocycles. The van der Waals surface area contributed by atoms with E-state index in [1.165, 1.54) is 4.80 Å². The molecule has 8 heteroatoms. The highest BCUT2D eigenvalue weighted by molar-refractivity contribution is 7.80. The molecule has 112 valence electrons. The Kier molecular flexibility index (Phi) is 5.38. The first kappa shape index (κ1) is 15.3. The highest BCUT2D eigenvalue weighted by Crippen LogP contribution is 2.12. The topological polar surface area (TPSA) is 76.1 Å². The van der Waals surface area contributed by atoms with Crippen molar-refractivity contribution in [3.05, 3.63) is 5.82 Å². The number of nitrogens with zero attached hydrogens (tertiary/aromatic N) is 6. The maximum Gasteiger partial charge on any atom is 0.188 e. The lowest BCUT2D eigenvalue weighted by atomic mass is 10.1. The molecule has 1 aliphatic heterocycles. The lowest BCUT2D eigenvalue weighted by Crippen LogP contribution is -2.53. The van der Waals surface area contributed by atoms with E-state index in [4.69, 9.17) is 18.0 Å². The van der Waals surface area contributed by atoms with Crippen LogP contribution < -0.4 is 5.73 Å². The fourth-order valence-electron chi connectivity index (χ4n) is 2.60. The van der Waals surface area contributed by atoms with E-state index in [1.54, 1.807) is 7.05 Å². The van der Waals surface area contributed by atoms with Crippen molar-refractivity contribution in [3.63, 3.8) is 0 Å². The second kappa shape index (κ2) is 7.05. The van der Waals surface area contributed by atoms with Gasteiger partial charge in [-0.3, -0.25) is 9.80 Å². The largest absolute Gasteiger partial charge is 0.392 e. The van der Waals surface area contributed by atoms with Gasteiger partial charge < -0.3 is 5.73 Å². The molecule has 1 aromatic rings.